The Hall–Kier alpha value is -0.930. The molecule has 3 rings (SSSR count). The van der Waals surface area contributed by atoms with Crippen LogP contribution < -0.4 is 0 Å². The smallest absolute Gasteiger partial charge is 0.177 e. The van der Waals surface area contributed by atoms with Gasteiger partial charge in [-0.2, -0.15) is 0 Å². The minimum atomic E-state index is -0.537. The van der Waals surface area contributed by atoms with Crippen molar-refractivity contribution >= 4 is 5.78 Å². The summed E-state index contributed by atoms with van der Waals surface area (Å²) in [4.78, 5) is 11.9. The van der Waals surface area contributed by atoms with E-state index in [9.17, 15) is 4.79 Å². The molecule has 1 unspecified atom stereocenters. The van der Waals surface area contributed by atoms with Gasteiger partial charge in [-0.15, -0.1) is 0 Å². The van der Waals surface area contributed by atoms with Gasteiger partial charge in [0, 0.05) is 30.1 Å². The predicted octanol–water partition coefficient (Wildman–Crippen LogP) is 5.60. The molecule has 0 amide bonds. The zero-order valence-electron chi connectivity index (χ0n) is 17.5. The molecule has 3 aliphatic rings. The Morgan fingerprint density at radius 3 is 2.23 bits per heavy atom. The van der Waals surface area contributed by atoms with Gasteiger partial charge in [0.05, 0.1) is 13.2 Å². The van der Waals surface area contributed by atoms with Gasteiger partial charge < -0.3 is 9.47 Å². The van der Waals surface area contributed by atoms with Gasteiger partial charge in [0.2, 0.25) is 0 Å². The monoisotopic (exact) mass is 360 g/mol. The van der Waals surface area contributed by atoms with Crippen molar-refractivity contribution in [2.24, 2.45) is 16.2 Å². The van der Waals surface area contributed by atoms with E-state index in [0.717, 1.165) is 45.3 Å². The first-order valence-corrected chi connectivity index (χ1v) is 10.2. The third-order valence-corrected chi connectivity index (χ3v) is 6.76. The number of carbonyl (C=O) groups excluding carboxylic acids is 1. The van der Waals surface area contributed by atoms with Gasteiger partial charge in [0.1, 0.15) is 5.78 Å². The second-order valence-corrected chi connectivity index (χ2v) is 10.4. The molecule has 0 bridgehead atoms. The Kier molecular flexibility index (Phi) is 5.03. The van der Waals surface area contributed by atoms with Gasteiger partial charge in [-0.3, -0.25) is 4.79 Å². The molecule has 1 aliphatic heterocycles. The first kappa shape index (κ1) is 19.8. The van der Waals surface area contributed by atoms with Crippen LogP contribution in [0.15, 0.2) is 23.3 Å². The van der Waals surface area contributed by atoms with E-state index in [0.29, 0.717) is 12.2 Å². The Balaban J connectivity index is 1.86. The van der Waals surface area contributed by atoms with Gasteiger partial charge in [-0.1, -0.05) is 52.3 Å². The molecule has 0 aromatic heterocycles. The van der Waals surface area contributed by atoms with E-state index >= 15 is 0 Å². The summed E-state index contributed by atoms with van der Waals surface area (Å²) in [7, 11) is 0. The lowest BCUT2D eigenvalue weighted by molar-refractivity contribution is -0.340. The highest BCUT2D eigenvalue weighted by atomic mass is 16.7. The molecule has 0 N–H and O–H groups in total. The maximum Gasteiger partial charge on any atom is 0.177 e. The molecule has 0 aromatic rings. The zero-order chi connectivity index (χ0) is 19.2. The van der Waals surface area contributed by atoms with Crippen LogP contribution in [0.4, 0.5) is 0 Å². The maximum absolute atomic E-state index is 11.9. The highest BCUT2D eigenvalue weighted by Gasteiger charge is 2.54. The fraction of sp³-hybridized carbons (Fsp3) is 0.783. The summed E-state index contributed by atoms with van der Waals surface area (Å²) in [5.41, 5.74) is 2.59. The van der Waals surface area contributed by atoms with E-state index in [1.165, 1.54) is 11.1 Å². The summed E-state index contributed by atoms with van der Waals surface area (Å²) in [6, 6.07) is 0. The molecule has 0 aromatic carbocycles. The number of carbonyl (C=O) groups is 1. The van der Waals surface area contributed by atoms with Crippen molar-refractivity contribution in [1.29, 1.82) is 0 Å². The van der Waals surface area contributed by atoms with Crippen molar-refractivity contribution in [3.05, 3.63) is 23.3 Å². The number of hydrogen-bond donors (Lipinski definition) is 0. The molecule has 0 radical (unpaired) electrons. The van der Waals surface area contributed by atoms with Gasteiger partial charge in [-0.05, 0) is 37.2 Å². The lowest BCUT2D eigenvalue weighted by atomic mass is 9.66. The number of hydrogen-bond acceptors (Lipinski definition) is 3. The van der Waals surface area contributed by atoms with Crippen LogP contribution in [-0.2, 0) is 14.3 Å². The molecule has 3 nitrogen and oxygen atoms in total. The van der Waals surface area contributed by atoms with Crippen molar-refractivity contribution in [2.45, 2.75) is 85.9 Å². The average molecular weight is 361 g/mol. The summed E-state index contributed by atoms with van der Waals surface area (Å²) < 4.78 is 12.8. The van der Waals surface area contributed by atoms with E-state index in [2.05, 4.69) is 53.7 Å². The quantitative estimate of drug-likeness (QED) is 0.643. The standard InChI is InChI=1S/C23H36O3/c1-17-9-13-23(25-15-20(2,3)16-26-23)21(4,5)19(17)10-12-22(6)11-7-8-18(24)14-22/h10,12H,7-9,11,13-16H2,1-6H3/b12-10+. The number of Topliss-reactive ketones (excluding diaryl/α,β-unsaturated/α-hetero) is 1. The number of ketones is 1. The Bertz CT molecular complexity index is 628. The minimum Gasteiger partial charge on any atom is -0.348 e. The third-order valence-electron chi connectivity index (χ3n) is 6.76. The molecular formula is C23H36O3. The SMILES string of the molecule is CC1=C(/C=C/C2(C)CCCC(=O)C2)C(C)(C)C2(CC1)OCC(C)(C)CO2. The molecule has 3 heteroatoms. The molecule has 1 saturated heterocycles. The van der Waals surface area contributed by atoms with Crippen molar-refractivity contribution in [3.8, 4) is 0 Å². The molecular weight excluding hydrogens is 324 g/mol. The lowest BCUT2D eigenvalue weighted by Gasteiger charge is -2.54. The lowest BCUT2D eigenvalue weighted by Crippen LogP contribution is -2.58. The van der Waals surface area contributed by atoms with Crippen molar-refractivity contribution in [1.82, 2.24) is 0 Å². The van der Waals surface area contributed by atoms with Crippen molar-refractivity contribution in [3.63, 3.8) is 0 Å². The van der Waals surface area contributed by atoms with Crippen LogP contribution in [0, 0.1) is 16.2 Å². The minimum absolute atomic E-state index is 0.0143. The van der Waals surface area contributed by atoms with Crippen molar-refractivity contribution < 1.29 is 14.3 Å². The van der Waals surface area contributed by atoms with Gasteiger partial charge in [-0.25, -0.2) is 0 Å². The summed E-state index contributed by atoms with van der Waals surface area (Å²) >= 11 is 0. The molecule has 1 heterocycles. The van der Waals surface area contributed by atoms with E-state index in [1.807, 2.05) is 0 Å². The average Bonchev–Trinajstić information content (AvgIpc) is 2.52. The fourth-order valence-corrected chi connectivity index (χ4v) is 4.84. The zero-order valence-corrected chi connectivity index (χ0v) is 17.5. The fourth-order valence-electron chi connectivity index (χ4n) is 4.84. The number of allylic oxidation sites excluding steroid dienone is 3. The van der Waals surface area contributed by atoms with Gasteiger partial charge in [0.15, 0.2) is 5.79 Å². The van der Waals surface area contributed by atoms with Crippen LogP contribution in [0.2, 0.25) is 0 Å². The second-order valence-electron chi connectivity index (χ2n) is 10.4. The van der Waals surface area contributed by atoms with Crippen LogP contribution in [0.25, 0.3) is 0 Å². The van der Waals surface area contributed by atoms with Gasteiger partial charge in [0.25, 0.3) is 0 Å². The number of ether oxygens (including phenoxy) is 2. The first-order valence-electron chi connectivity index (χ1n) is 10.2. The second kappa shape index (κ2) is 6.60. The van der Waals surface area contributed by atoms with Crippen LogP contribution in [0.5, 0.6) is 0 Å². The maximum atomic E-state index is 11.9. The molecule has 1 spiro atoms. The van der Waals surface area contributed by atoms with Crippen LogP contribution in [0.3, 0.4) is 0 Å². The largest absolute Gasteiger partial charge is 0.348 e. The molecule has 2 fully saturated rings. The summed E-state index contributed by atoms with van der Waals surface area (Å²) in [6.45, 7) is 14.8. The van der Waals surface area contributed by atoms with Crippen LogP contribution >= 0.6 is 0 Å². The normalized spacial score (nSPS) is 33.8. The van der Waals surface area contributed by atoms with Gasteiger partial charge >= 0.3 is 0 Å². The third kappa shape index (κ3) is 3.57. The molecule has 2 aliphatic carbocycles. The van der Waals surface area contributed by atoms with E-state index in [1.54, 1.807) is 0 Å². The van der Waals surface area contributed by atoms with Crippen LogP contribution in [0.1, 0.15) is 80.1 Å². The Morgan fingerprint density at radius 1 is 0.962 bits per heavy atom. The molecule has 1 saturated carbocycles. The molecule has 146 valence electrons. The number of rotatable bonds is 2. The van der Waals surface area contributed by atoms with E-state index < -0.39 is 5.79 Å². The summed E-state index contributed by atoms with van der Waals surface area (Å²) in [5.74, 6) is -0.139. The molecule has 1 atom stereocenters. The van der Waals surface area contributed by atoms with Crippen molar-refractivity contribution in [2.75, 3.05) is 13.2 Å². The highest BCUT2D eigenvalue weighted by molar-refractivity contribution is 5.80. The predicted molar refractivity (Wildman–Crippen MR) is 105 cm³/mol. The topological polar surface area (TPSA) is 35.5 Å². The highest BCUT2D eigenvalue weighted by Crippen LogP contribution is 2.53. The summed E-state index contributed by atoms with van der Waals surface area (Å²) in [6.07, 6.45) is 9.99. The van der Waals surface area contributed by atoms with Crippen LogP contribution in [-0.4, -0.2) is 24.8 Å². The molecule has 26 heavy (non-hydrogen) atoms. The van der Waals surface area contributed by atoms with E-state index in [-0.39, 0.29) is 16.2 Å². The van der Waals surface area contributed by atoms with E-state index in [4.69, 9.17) is 9.47 Å². The Labute approximate surface area is 159 Å². The summed E-state index contributed by atoms with van der Waals surface area (Å²) in [5, 5.41) is 0. The Morgan fingerprint density at radius 2 is 1.62 bits per heavy atom. The first-order chi connectivity index (χ1) is 12.0.